The van der Waals surface area contributed by atoms with Crippen LogP contribution in [0.15, 0.2) is 0 Å². The molecule has 0 aromatic carbocycles. The Morgan fingerprint density at radius 3 is 2.27 bits per heavy atom. The van der Waals surface area contributed by atoms with E-state index in [0.29, 0.717) is 0 Å². The second kappa shape index (κ2) is 3.94. The van der Waals surface area contributed by atoms with E-state index in [-0.39, 0.29) is 6.54 Å². The van der Waals surface area contributed by atoms with Gasteiger partial charge in [-0.05, 0) is 6.92 Å². The van der Waals surface area contributed by atoms with Crippen LogP contribution in [0.25, 0.3) is 0 Å². The summed E-state index contributed by atoms with van der Waals surface area (Å²) in [7, 11) is 0. The molecule has 0 fully saturated rings. The lowest BCUT2D eigenvalue weighted by atomic mass is 9.99. The molecule has 0 aromatic heterocycles. The molecule has 0 spiro atoms. The van der Waals surface area contributed by atoms with Gasteiger partial charge in [-0.2, -0.15) is 0 Å². The first-order valence-electron chi connectivity index (χ1n) is 3.29. The molecule has 0 heterocycles. The molecule has 0 rings (SSSR count). The topological polar surface area (TPSA) is 66.5 Å². The third-order valence-corrected chi connectivity index (χ3v) is 1.39. The summed E-state index contributed by atoms with van der Waals surface area (Å²) in [4.78, 5) is 0. The normalized spacial score (nSPS) is 19.9. The number of hydrogen-bond acceptors (Lipinski definition) is 3. The van der Waals surface area contributed by atoms with Crippen molar-refractivity contribution in [2.24, 2.45) is 5.73 Å². The van der Waals surface area contributed by atoms with Gasteiger partial charge in [0.2, 0.25) is 0 Å². The highest BCUT2D eigenvalue weighted by atomic mass is 19.3. The Balaban J connectivity index is 3.90. The van der Waals surface area contributed by atoms with Crippen LogP contribution < -0.4 is 5.73 Å². The van der Waals surface area contributed by atoms with E-state index in [4.69, 9.17) is 15.9 Å². The van der Waals surface area contributed by atoms with Crippen LogP contribution in [0.3, 0.4) is 0 Å². The second-order valence-electron chi connectivity index (χ2n) is 2.75. The molecule has 0 bridgehead atoms. The number of halogens is 2. The van der Waals surface area contributed by atoms with Crippen molar-refractivity contribution in [3.05, 3.63) is 0 Å². The average Bonchev–Trinajstić information content (AvgIpc) is 1.86. The lowest BCUT2D eigenvalue weighted by molar-refractivity contribution is -0.104. The highest BCUT2D eigenvalue weighted by Crippen LogP contribution is 2.20. The van der Waals surface area contributed by atoms with Crippen LogP contribution in [0, 0.1) is 0 Å². The Bertz CT molecular complexity index is 119. The monoisotopic (exact) mass is 169 g/mol. The minimum absolute atomic E-state index is 0.122. The van der Waals surface area contributed by atoms with Gasteiger partial charge in [0.25, 0.3) is 6.43 Å². The standard InChI is InChI=1S/C6H13F2NO2/c1-6(11,5(7)8)2-4(10)3-9/h4-5,10-11H,2-3,9H2,1H3/t4-,6+/m1/s1. The molecule has 4 N–H and O–H groups in total. The van der Waals surface area contributed by atoms with Gasteiger partial charge in [0.1, 0.15) is 5.60 Å². The van der Waals surface area contributed by atoms with Gasteiger partial charge < -0.3 is 15.9 Å². The maximum Gasteiger partial charge on any atom is 0.266 e. The highest BCUT2D eigenvalue weighted by molar-refractivity contribution is 4.79. The molecule has 2 atom stereocenters. The Labute approximate surface area is 63.8 Å². The van der Waals surface area contributed by atoms with E-state index in [2.05, 4.69) is 0 Å². The Morgan fingerprint density at radius 2 is 2.00 bits per heavy atom. The Kier molecular flexibility index (Phi) is 3.85. The van der Waals surface area contributed by atoms with Crippen LogP contribution in [-0.4, -0.2) is 34.9 Å². The highest BCUT2D eigenvalue weighted by Gasteiger charge is 2.33. The lowest BCUT2D eigenvalue weighted by Crippen LogP contribution is -2.39. The summed E-state index contributed by atoms with van der Waals surface area (Å²) in [6.45, 7) is 0.847. The van der Waals surface area contributed by atoms with Crippen LogP contribution in [0.2, 0.25) is 0 Å². The van der Waals surface area contributed by atoms with Gasteiger partial charge >= 0.3 is 0 Å². The molecule has 0 unspecified atom stereocenters. The summed E-state index contributed by atoms with van der Waals surface area (Å²) in [6.07, 6.45) is -4.33. The van der Waals surface area contributed by atoms with Crippen molar-refractivity contribution < 1.29 is 19.0 Å². The number of rotatable bonds is 4. The number of alkyl halides is 2. The SMILES string of the molecule is C[C@](O)(C[C@@H](O)CN)C(F)F. The predicted molar refractivity (Wildman–Crippen MR) is 36.3 cm³/mol. The second-order valence-corrected chi connectivity index (χ2v) is 2.75. The smallest absolute Gasteiger partial charge is 0.266 e. The maximum atomic E-state index is 11.9. The quantitative estimate of drug-likeness (QED) is 0.542. The van der Waals surface area contributed by atoms with Gasteiger partial charge in [0.15, 0.2) is 0 Å². The minimum Gasteiger partial charge on any atom is -0.392 e. The van der Waals surface area contributed by atoms with Crippen LogP contribution in [0.5, 0.6) is 0 Å². The summed E-state index contributed by atoms with van der Waals surface area (Å²) < 4.78 is 23.8. The number of nitrogens with two attached hydrogens (primary N) is 1. The lowest BCUT2D eigenvalue weighted by Gasteiger charge is -2.24. The third-order valence-electron chi connectivity index (χ3n) is 1.39. The summed E-state index contributed by atoms with van der Waals surface area (Å²) in [5, 5.41) is 17.8. The van der Waals surface area contributed by atoms with Crippen molar-refractivity contribution in [2.45, 2.75) is 31.5 Å². The molecule has 0 radical (unpaired) electrons. The fourth-order valence-electron chi connectivity index (χ4n) is 0.649. The third kappa shape index (κ3) is 3.60. The molecule has 68 valence electrons. The van der Waals surface area contributed by atoms with Gasteiger partial charge in [-0.3, -0.25) is 0 Å². The zero-order valence-electron chi connectivity index (χ0n) is 6.30. The van der Waals surface area contributed by atoms with E-state index in [1.165, 1.54) is 0 Å². The minimum atomic E-state index is -2.86. The number of aliphatic hydroxyl groups is 2. The molecule has 11 heavy (non-hydrogen) atoms. The molecule has 0 aromatic rings. The zero-order valence-corrected chi connectivity index (χ0v) is 6.30. The van der Waals surface area contributed by atoms with Crippen molar-refractivity contribution in [1.29, 1.82) is 0 Å². The first kappa shape index (κ1) is 10.7. The average molecular weight is 169 g/mol. The van der Waals surface area contributed by atoms with E-state index in [1.54, 1.807) is 0 Å². The fourth-order valence-corrected chi connectivity index (χ4v) is 0.649. The molecular weight excluding hydrogens is 156 g/mol. The van der Waals surface area contributed by atoms with E-state index < -0.39 is 24.6 Å². The predicted octanol–water partition coefficient (Wildman–Crippen LogP) is -0.288. The summed E-state index contributed by atoms with van der Waals surface area (Å²) >= 11 is 0. The molecule has 0 saturated carbocycles. The van der Waals surface area contributed by atoms with E-state index in [0.717, 1.165) is 6.92 Å². The number of aliphatic hydroxyl groups excluding tert-OH is 1. The van der Waals surface area contributed by atoms with Crippen LogP contribution in [0.1, 0.15) is 13.3 Å². The zero-order chi connectivity index (χ0) is 9.07. The molecule has 0 aliphatic carbocycles. The van der Waals surface area contributed by atoms with Crippen molar-refractivity contribution in [3.63, 3.8) is 0 Å². The van der Waals surface area contributed by atoms with E-state index in [1.807, 2.05) is 0 Å². The van der Waals surface area contributed by atoms with Gasteiger partial charge in [-0.1, -0.05) is 0 Å². The van der Waals surface area contributed by atoms with Crippen molar-refractivity contribution >= 4 is 0 Å². The van der Waals surface area contributed by atoms with Crippen LogP contribution in [0.4, 0.5) is 8.78 Å². The van der Waals surface area contributed by atoms with Crippen LogP contribution in [-0.2, 0) is 0 Å². The van der Waals surface area contributed by atoms with E-state index in [9.17, 15) is 8.78 Å². The summed E-state index contributed by atoms with van der Waals surface area (Å²) in [5.74, 6) is 0. The Morgan fingerprint density at radius 1 is 1.55 bits per heavy atom. The molecule has 5 heteroatoms. The largest absolute Gasteiger partial charge is 0.392 e. The molecule has 0 amide bonds. The van der Waals surface area contributed by atoms with Crippen molar-refractivity contribution in [1.82, 2.24) is 0 Å². The Hall–Kier alpha value is -0.260. The molecule has 0 saturated heterocycles. The molecular formula is C6H13F2NO2. The first-order valence-corrected chi connectivity index (χ1v) is 3.29. The fraction of sp³-hybridized carbons (Fsp3) is 1.00. The van der Waals surface area contributed by atoms with Crippen LogP contribution >= 0.6 is 0 Å². The van der Waals surface area contributed by atoms with Gasteiger partial charge in [-0.15, -0.1) is 0 Å². The van der Waals surface area contributed by atoms with Crippen molar-refractivity contribution in [3.8, 4) is 0 Å². The van der Waals surface area contributed by atoms with Crippen molar-refractivity contribution in [2.75, 3.05) is 6.54 Å². The molecule has 0 aliphatic rings. The first-order chi connectivity index (χ1) is 4.90. The van der Waals surface area contributed by atoms with Gasteiger partial charge in [0.05, 0.1) is 6.10 Å². The summed E-state index contributed by atoms with van der Waals surface area (Å²) in [6, 6.07) is 0. The van der Waals surface area contributed by atoms with E-state index >= 15 is 0 Å². The maximum absolute atomic E-state index is 11.9. The van der Waals surface area contributed by atoms with Gasteiger partial charge in [0, 0.05) is 13.0 Å². The molecule has 0 aliphatic heterocycles. The molecule has 3 nitrogen and oxygen atoms in total. The summed E-state index contributed by atoms with van der Waals surface area (Å²) in [5.41, 5.74) is 2.83. The number of hydrogen-bond donors (Lipinski definition) is 3. The van der Waals surface area contributed by atoms with Gasteiger partial charge in [-0.25, -0.2) is 8.78 Å².